The van der Waals surface area contributed by atoms with E-state index in [0.29, 0.717) is 18.9 Å². The van der Waals surface area contributed by atoms with Gasteiger partial charge in [-0.05, 0) is 32.6 Å². The van der Waals surface area contributed by atoms with E-state index in [1.54, 1.807) is 0 Å². The van der Waals surface area contributed by atoms with Gasteiger partial charge in [-0.25, -0.2) is 0 Å². The minimum absolute atomic E-state index is 0.0750. The molecule has 0 spiro atoms. The Morgan fingerprint density at radius 3 is 2.69 bits per heavy atom. The monoisotopic (exact) mass is 228 g/mol. The highest BCUT2D eigenvalue weighted by molar-refractivity contribution is 5.76. The molecular weight excluding hydrogens is 204 g/mol. The van der Waals surface area contributed by atoms with Crippen LogP contribution in [0.15, 0.2) is 0 Å². The van der Waals surface area contributed by atoms with Crippen LogP contribution in [-0.4, -0.2) is 35.7 Å². The van der Waals surface area contributed by atoms with Gasteiger partial charge in [-0.1, -0.05) is 6.92 Å². The highest BCUT2D eigenvalue weighted by Crippen LogP contribution is 2.18. The number of hydrogen-bond acceptors (Lipinski definition) is 3. The highest BCUT2D eigenvalue weighted by atomic mass is 16.3. The molecule has 0 saturated heterocycles. The van der Waals surface area contributed by atoms with E-state index in [0.717, 1.165) is 13.0 Å². The van der Waals surface area contributed by atoms with Crippen LogP contribution in [0.5, 0.6) is 0 Å². The SMILES string of the molecule is CCC(C)(CCO)NC(=O)CCNC1CC1. The second kappa shape index (κ2) is 6.21. The number of aliphatic hydroxyl groups excluding tert-OH is 1. The summed E-state index contributed by atoms with van der Waals surface area (Å²) in [5.41, 5.74) is -0.259. The first-order valence-electron chi connectivity index (χ1n) is 6.25. The van der Waals surface area contributed by atoms with Crippen LogP contribution < -0.4 is 10.6 Å². The Balaban J connectivity index is 2.18. The van der Waals surface area contributed by atoms with Crippen LogP contribution >= 0.6 is 0 Å². The molecule has 1 aliphatic rings. The second-order valence-corrected chi connectivity index (χ2v) is 4.91. The maximum Gasteiger partial charge on any atom is 0.221 e. The van der Waals surface area contributed by atoms with Crippen molar-refractivity contribution >= 4 is 5.91 Å². The first kappa shape index (κ1) is 13.5. The molecule has 0 aromatic carbocycles. The number of nitrogens with one attached hydrogen (secondary N) is 2. The Labute approximate surface area is 97.8 Å². The van der Waals surface area contributed by atoms with Gasteiger partial charge in [0.2, 0.25) is 5.91 Å². The smallest absolute Gasteiger partial charge is 0.221 e. The third-order valence-corrected chi connectivity index (χ3v) is 3.25. The summed E-state index contributed by atoms with van der Waals surface area (Å²) >= 11 is 0. The van der Waals surface area contributed by atoms with Crippen molar-refractivity contribution in [1.82, 2.24) is 10.6 Å². The third-order valence-electron chi connectivity index (χ3n) is 3.25. The van der Waals surface area contributed by atoms with E-state index in [4.69, 9.17) is 5.11 Å². The van der Waals surface area contributed by atoms with E-state index in [9.17, 15) is 4.79 Å². The van der Waals surface area contributed by atoms with E-state index < -0.39 is 0 Å². The molecule has 1 saturated carbocycles. The van der Waals surface area contributed by atoms with Crippen molar-refractivity contribution in [2.75, 3.05) is 13.2 Å². The molecule has 94 valence electrons. The molecule has 16 heavy (non-hydrogen) atoms. The summed E-state index contributed by atoms with van der Waals surface area (Å²) in [4.78, 5) is 11.7. The molecule has 1 rings (SSSR count). The average Bonchev–Trinajstić information content (AvgIpc) is 3.02. The normalized spacial score (nSPS) is 19.2. The standard InChI is InChI=1S/C12H24N2O2/c1-3-12(2,7-9-15)14-11(16)6-8-13-10-4-5-10/h10,13,15H,3-9H2,1-2H3,(H,14,16). The maximum absolute atomic E-state index is 11.7. The summed E-state index contributed by atoms with van der Waals surface area (Å²) in [5.74, 6) is 0.0750. The molecule has 3 N–H and O–H groups in total. The molecule has 1 aliphatic carbocycles. The van der Waals surface area contributed by atoms with E-state index in [1.165, 1.54) is 12.8 Å². The molecule has 1 amide bonds. The Morgan fingerprint density at radius 2 is 2.19 bits per heavy atom. The molecule has 0 heterocycles. The van der Waals surface area contributed by atoms with Gasteiger partial charge < -0.3 is 15.7 Å². The van der Waals surface area contributed by atoms with Gasteiger partial charge in [-0.15, -0.1) is 0 Å². The lowest BCUT2D eigenvalue weighted by atomic mass is 9.95. The Kier molecular flexibility index (Phi) is 5.22. The number of aliphatic hydroxyl groups is 1. The van der Waals surface area contributed by atoms with Gasteiger partial charge in [0.05, 0.1) is 0 Å². The zero-order chi connectivity index (χ0) is 12.0. The lowest BCUT2D eigenvalue weighted by molar-refractivity contribution is -0.123. The Morgan fingerprint density at radius 1 is 1.50 bits per heavy atom. The molecule has 0 aromatic rings. The van der Waals surface area contributed by atoms with Gasteiger partial charge in [0, 0.05) is 31.2 Å². The van der Waals surface area contributed by atoms with Crippen molar-refractivity contribution in [3.63, 3.8) is 0 Å². The summed E-state index contributed by atoms with van der Waals surface area (Å²) in [6.07, 6.45) is 4.48. The second-order valence-electron chi connectivity index (χ2n) is 4.91. The fraction of sp³-hybridized carbons (Fsp3) is 0.917. The van der Waals surface area contributed by atoms with Crippen LogP contribution in [0.4, 0.5) is 0 Å². The highest BCUT2D eigenvalue weighted by Gasteiger charge is 2.24. The predicted octanol–water partition coefficient (Wildman–Crippen LogP) is 0.796. The van der Waals surface area contributed by atoms with Gasteiger partial charge in [-0.3, -0.25) is 4.79 Å². The van der Waals surface area contributed by atoms with Gasteiger partial charge in [0.15, 0.2) is 0 Å². The topological polar surface area (TPSA) is 61.4 Å². The number of carbonyl (C=O) groups excluding carboxylic acids is 1. The van der Waals surface area contributed by atoms with Crippen LogP contribution in [0.1, 0.15) is 46.0 Å². The van der Waals surface area contributed by atoms with E-state index in [2.05, 4.69) is 10.6 Å². The zero-order valence-electron chi connectivity index (χ0n) is 10.4. The number of amides is 1. The van der Waals surface area contributed by atoms with Gasteiger partial charge in [0.25, 0.3) is 0 Å². The Bertz CT molecular complexity index is 229. The van der Waals surface area contributed by atoms with Crippen LogP contribution in [0, 0.1) is 0 Å². The zero-order valence-corrected chi connectivity index (χ0v) is 10.4. The minimum atomic E-state index is -0.259. The van der Waals surface area contributed by atoms with Gasteiger partial charge in [0.1, 0.15) is 0 Å². The van der Waals surface area contributed by atoms with Crippen LogP contribution in [0.25, 0.3) is 0 Å². The fourth-order valence-corrected chi connectivity index (χ4v) is 1.65. The molecule has 4 nitrogen and oxygen atoms in total. The van der Waals surface area contributed by atoms with Crippen LogP contribution in [0.3, 0.4) is 0 Å². The quantitative estimate of drug-likeness (QED) is 0.576. The minimum Gasteiger partial charge on any atom is -0.396 e. The molecule has 1 unspecified atom stereocenters. The van der Waals surface area contributed by atoms with Gasteiger partial charge in [-0.2, -0.15) is 0 Å². The van der Waals surface area contributed by atoms with E-state index >= 15 is 0 Å². The summed E-state index contributed by atoms with van der Waals surface area (Å²) in [5, 5.41) is 15.3. The molecule has 0 aliphatic heterocycles. The maximum atomic E-state index is 11.7. The first-order valence-corrected chi connectivity index (χ1v) is 6.25. The summed E-state index contributed by atoms with van der Waals surface area (Å²) in [6, 6.07) is 0.655. The first-order chi connectivity index (χ1) is 7.59. The molecule has 0 bridgehead atoms. The number of hydrogen-bond donors (Lipinski definition) is 3. The molecule has 1 atom stereocenters. The van der Waals surface area contributed by atoms with Crippen molar-refractivity contribution in [3.8, 4) is 0 Å². The summed E-state index contributed by atoms with van der Waals surface area (Å²) in [7, 11) is 0. The van der Waals surface area contributed by atoms with Crippen LogP contribution in [0.2, 0.25) is 0 Å². The molecule has 1 fully saturated rings. The fourth-order valence-electron chi connectivity index (χ4n) is 1.65. The number of rotatable bonds is 8. The largest absolute Gasteiger partial charge is 0.396 e. The third kappa shape index (κ3) is 4.94. The van der Waals surface area contributed by atoms with Crippen molar-refractivity contribution in [2.45, 2.75) is 57.5 Å². The Hall–Kier alpha value is -0.610. The van der Waals surface area contributed by atoms with Crippen LogP contribution in [-0.2, 0) is 4.79 Å². The average molecular weight is 228 g/mol. The lowest BCUT2D eigenvalue weighted by Crippen LogP contribution is -2.46. The predicted molar refractivity (Wildman–Crippen MR) is 64.2 cm³/mol. The number of carbonyl (C=O) groups is 1. The lowest BCUT2D eigenvalue weighted by Gasteiger charge is -2.29. The molecule has 4 heteroatoms. The van der Waals surface area contributed by atoms with Crippen molar-refractivity contribution in [1.29, 1.82) is 0 Å². The van der Waals surface area contributed by atoms with Crippen molar-refractivity contribution < 1.29 is 9.90 Å². The summed E-state index contributed by atoms with van der Waals surface area (Å²) in [6.45, 7) is 4.88. The molecular formula is C12H24N2O2. The van der Waals surface area contributed by atoms with Crippen molar-refractivity contribution in [2.24, 2.45) is 0 Å². The van der Waals surface area contributed by atoms with E-state index in [1.807, 2.05) is 13.8 Å². The molecule has 0 aromatic heterocycles. The molecule has 0 radical (unpaired) electrons. The van der Waals surface area contributed by atoms with Gasteiger partial charge >= 0.3 is 0 Å². The van der Waals surface area contributed by atoms with Crippen molar-refractivity contribution in [3.05, 3.63) is 0 Å². The van der Waals surface area contributed by atoms with E-state index in [-0.39, 0.29) is 18.1 Å². The summed E-state index contributed by atoms with van der Waals surface area (Å²) < 4.78 is 0.